The fourth-order valence-corrected chi connectivity index (χ4v) is 6.37. The number of halogens is 3. The van der Waals surface area contributed by atoms with E-state index in [2.05, 4.69) is 36.0 Å². The van der Waals surface area contributed by atoms with E-state index in [4.69, 9.17) is 0 Å². The van der Waals surface area contributed by atoms with Crippen molar-refractivity contribution >= 4 is 29.0 Å². The highest BCUT2D eigenvalue weighted by molar-refractivity contribution is 7.99. The summed E-state index contributed by atoms with van der Waals surface area (Å²) in [6, 6.07) is 11.4. The van der Waals surface area contributed by atoms with Gasteiger partial charge in [-0.3, -0.25) is 14.7 Å². The van der Waals surface area contributed by atoms with Crippen LogP contribution in [0, 0.1) is 5.92 Å². The molecule has 1 atom stereocenters. The van der Waals surface area contributed by atoms with Crippen molar-refractivity contribution in [1.82, 2.24) is 15.2 Å². The Bertz CT molecular complexity index is 1160. The third-order valence-corrected chi connectivity index (χ3v) is 8.05. The van der Waals surface area contributed by atoms with Gasteiger partial charge >= 0.3 is 6.18 Å². The molecule has 1 aromatic carbocycles. The molecule has 1 N–H and O–H groups in total. The fraction of sp³-hybridized carbons (Fsp3) is 0.385. The average molecular weight is 520 g/mol. The monoisotopic (exact) mass is 519 g/mol. The summed E-state index contributed by atoms with van der Waals surface area (Å²) in [5.41, 5.74) is 2.13. The van der Waals surface area contributed by atoms with Gasteiger partial charge in [0.05, 0.1) is 22.7 Å². The van der Waals surface area contributed by atoms with Crippen molar-refractivity contribution in [2.75, 3.05) is 5.75 Å². The minimum atomic E-state index is -4.33. The second-order valence-corrected chi connectivity index (χ2v) is 11.3. The van der Waals surface area contributed by atoms with Gasteiger partial charge in [0, 0.05) is 35.1 Å². The molecule has 35 heavy (non-hydrogen) atoms. The van der Waals surface area contributed by atoms with E-state index in [0.717, 1.165) is 44.5 Å². The number of thioether (sulfide) groups is 1. The summed E-state index contributed by atoms with van der Waals surface area (Å²) in [7, 11) is 0. The van der Waals surface area contributed by atoms with Crippen LogP contribution in [0.1, 0.15) is 63.7 Å². The average Bonchev–Trinajstić information content (AvgIpc) is 3.36. The Morgan fingerprint density at radius 3 is 2.57 bits per heavy atom. The summed E-state index contributed by atoms with van der Waals surface area (Å²) in [4.78, 5) is 22.5. The number of alkyl halides is 3. The lowest BCUT2D eigenvalue weighted by Crippen LogP contribution is -2.26. The Morgan fingerprint density at radius 2 is 1.97 bits per heavy atom. The molecule has 3 aromatic rings. The molecular formula is C26H28F3N3OS2. The van der Waals surface area contributed by atoms with Crippen LogP contribution >= 0.6 is 23.1 Å². The number of carbonyl (C=O) groups excluding carboxylic acids is 1. The van der Waals surface area contributed by atoms with Gasteiger partial charge in [0.15, 0.2) is 0 Å². The first-order chi connectivity index (χ1) is 16.7. The number of hydrogen-bond donors (Lipinski definition) is 1. The molecule has 0 saturated heterocycles. The number of pyridine rings is 1. The van der Waals surface area contributed by atoms with Crippen molar-refractivity contribution in [3.8, 4) is 0 Å². The first-order valence-corrected chi connectivity index (χ1v) is 13.3. The van der Waals surface area contributed by atoms with E-state index in [1.165, 1.54) is 11.3 Å². The number of thiophene rings is 1. The van der Waals surface area contributed by atoms with Crippen molar-refractivity contribution in [2.24, 2.45) is 5.92 Å². The number of benzene rings is 1. The molecule has 0 bridgehead atoms. The number of nitrogens with zero attached hydrogens (tertiary/aromatic N) is 2. The van der Waals surface area contributed by atoms with Gasteiger partial charge in [0.2, 0.25) is 0 Å². The zero-order valence-corrected chi connectivity index (χ0v) is 21.5. The quantitative estimate of drug-likeness (QED) is 0.328. The van der Waals surface area contributed by atoms with Crippen LogP contribution in [0.5, 0.6) is 0 Å². The third kappa shape index (κ3) is 6.08. The van der Waals surface area contributed by atoms with Gasteiger partial charge in [0.25, 0.3) is 5.91 Å². The summed E-state index contributed by atoms with van der Waals surface area (Å²) >= 11 is 3.23. The molecule has 2 aromatic heterocycles. The number of hydrogen-bond acceptors (Lipinski definition) is 5. The first kappa shape index (κ1) is 25.7. The molecule has 9 heteroatoms. The molecule has 0 fully saturated rings. The van der Waals surface area contributed by atoms with Crippen LogP contribution < -0.4 is 5.32 Å². The summed E-state index contributed by atoms with van der Waals surface area (Å²) in [5.74, 6) is 1.17. The lowest BCUT2D eigenvalue weighted by Gasteiger charge is -2.28. The Labute approximate surface area is 212 Å². The molecule has 1 aliphatic heterocycles. The SMILES string of the molecule is CCSc1ccc(CNC(=O)c2cc3c(s2)C(C(C)C)N(Cc2ccc(C(F)(F)F)cc2)C3)nc1. The standard InChI is InChI=1S/C26H28F3N3OS2/c1-4-34-21-10-9-20(30-13-21)12-31-25(33)22-11-18-15-32(23(16(2)3)24(18)35-22)14-17-5-7-19(8-6-17)26(27,28)29/h5-11,13,16,23H,4,12,14-15H2,1-3H3,(H,31,33). The van der Waals surface area contributed by atoms with Crippen LogP contribution in [0.25, 0.3) is 0 Å². The molecular weight excluding hydrogens is 491 g/mol. The van der Waals surface area contributed by atoms with Crippen molar-refractivity contribution < 1.29 is 18.0 Å². The normalized spacial score (nSPS) is 16.0. The summed E-state index contributed by atoms with van der Waals surface area (Å²) in [6.45, 7) is 7.94. The molecule has 1 amide bonds. The maximum Gasteiger partial charge on any atom is 0.416 e. The van der Waals surface area contributed by atoms with Crippen LogP contribution in [0.3, 0.4) is 0 Å². The second kappa shape index (κ2) is 10.7. The minimum Gasteiger partial charge on any atom is -0.346 e. The Hall–Kier alpha value is -2.36. The van der Waals surface area contributed by atoms with Crippen LogP contribution in [0.2, 0.25) is 0 Å². The molecule has 186 valence electrons. The summed E-state index contributed by atoms with van der Waals surface area (Å²) in [6.07, 6.45) is -2.50. The van der Waals surface area contributed by atoms with E-state index in [1.807, 2.05) is 24.4 Å². The first-order valence-electron chi connectivity index (χ1n) is 11.5. The maximum atomic E-state index is 12.9. The lowest BCUT2D eigenvalue weighted by atomic mass is 10.0. The fourth-order valence-electron chi connectivity index (χ4n) is 4.35. The van der Waals surface area contributed by atoms with E-state index < -0.39 is 11.7 Å². The number of carbonyl (C=O) groups is 1. The molecule has 0 saturated carbocycles. The Balaban J connectivity index is 1.41. The van der Waals surface area contributed by atoms with Gasteiger partial charge in [-0.25, -0.2) is 0 Å². The highest BCUT2D eigenvalue weighted by Crippen LogP contribution is 2.44. The molecule has 4 rings (SSSR count). The summed E-state index contributed by atoms with van der Waals surface area (Å²) < 4.78 is 38.6. The van der Waals surface area contributed by atoms with Crippen LogP contribution in [0.15, 0.2) is 53.6 Å². The van der Waals surface area contributed by atoms with Gasteiger partial charge in [0.1, 0.15) is 0 Å². The number of aromatic nitrogens is 1. The predicted molar refractivity (Wildman–Crippen MR) is 134 cm³/mol. The zero-order valence-electron chi connectivity index (χ0n) is 19.9. The molecule has 1 aliphatic rings. The zero-order chi connectivity index (χ0) is 25.2. The number of nitrogens with one attached hydrogen (secondary N) is 1. The number of rotatable bonds is 8. The molecule has 4 nitrogen and oxygen atoms in total. The smallest absolute Gasteiger partial charge is 0.346 e. The molecule has 0 radical (unpaired) electrons. The van der Waals surface area contributed by atoms with E-state index in [1.54, 1.807) is 23.9 Å². The maximum absolute atomic E-state index is 12.9. The van der Waals surface area contributed by atoms with Gasteiger partial charge in [-0.1, -0.05) is 32.9 Å². The third-order valence-electron chi connectivity index (χ3n) is 5.94. The Morgan fingerprint density at radius 1 is 1.23 bits per heavy atom. The molecule has 1 unspecified atom stereocenters. The minimum absolute atomic E-state index is 0.115. The van der Waals surface area contributed by atoms with Crippen LogP contribution in [0.4, 0.5) is 13.2 Å². The molecule has 0 spiro atoms. The van der Waals surface area contributed by atoms with E-state index >= 15 is 0 Å². The Kier molecular flexibility index (Phi) is 7.88. The van der Waals surface area contributed by atoms with E-state index in [-0.39, 0.29) is 11.9 Å². The number of fused-ring (bicyclic) bond motifs is 1. The van der Waals surface area contributed by atoms with Gasteiger partial charge in [-0.2, -0.15) is 13.2 Å². The number of amides is 1. The highest BCUT2D eigenvalue weighted by atomic mass is 32.2. The van der Waals surface area contributed by atoms with Crippen molar-refractivity contribution in [2.45, 2.75) is 57.5 Å². The van der Waals surface area contributed by atoms with Gasteiger partial charge < -0.3 is 5.32 Å². The second-order valence-electron chi connectivity index (χ2n) is 8.89. The van der Waals surface area contributed by atoms with Gasteiger partial charge in [-0.05, 0) is 53.1 Å². The summed E-state index contributed by atoms with van der Waals surface area (Å²) in [5, 5.41) is 2.96. The lowest BCUT2D eigenvalue weighted by molar-refractivity contribution is -0.137. The van der Waals surface area contributed by atoms with E-state index in [0.29, 0.717) is 30.4 Å². The van der Waals surface area contributed by atoms with E-state index in [9.17, 15) is 18.0 Å². The van der Waals surface area contributed by atoms with Crippen LogP contribution in [-0.2, 0) is 25.8 Å². The topological polar surface area (TPSA) is 45.2 Å². The highest BCUT2D eigenvalue weighted by Gasteiger charge is 2.35. The molecule has 0 aliphatic carbocycles. The molecule has 3 heterocycles. The largest absolute Gasteiger partial charge is 0.416 e. The van der Waals surface area contributed by atoms with Crippen molar-refractivity contribution in [3.05, 3.63) is 80.8 Å². The van der Waals surface area contributed by atoms with Gasteiger partial charge in [-0.15, -0.1) is 23.1 Å². The van der Waals surface area contributed by atoms with Crippen LogP contribution in [-0.4, -0.2) is 21.5 Å². The predicted octanol–water partition coefficient (Wildman–Crippen LogP) is 6.92. The van der Waals surface area contributed by atoms with Crippen molar-refractivity contribution in [1.29, 1.82) is 0 Å². The van der Waals surface area contributed by atoms with Crippen molar-refractivity contribution in [3.63, 3.8) is 0 Å².